The van der Waals surface area contributed by atoms with Gasteiger partial charge in [0.15, 0.2) is 0 Å². The first-order valence-corrected chi connectivity index (χ1v) is 7.83. The van der Waals surface area contributed by atoms with Crippen LogP contribution < -0.4 is 0 Å². The van der Waals surface area contributed by atoms with Gasteiger partial charge in [-0.15, -0.1) is 0 Å². The number of rotatable bonds is 3. The molecule has 1 heteroatoms. The highest BCUT2D eigenvalue weighted by molar-refractivity contribution is 5.46. The predicted octanol–water partition coefficient (Wildman–Crippen LogP) is 5.62. The van der Waals surface area contributed by atoms with Gasteiger partial charge in [-0.05, 0) is 65.9 Å². The van der Waals surface area contributed by atoms with Crippen molar-refractivity contribution in [1.82, 2.24) is 0 Å². The average molecular weight is 282 g/mol. The summed E-state index contributed by atoms with van der Waals surface area (Å²) in [6.45, 7) is 8.78. The van der Waals surface area contributed by atoms with Crippen molar-refractivity contribution in [3.63, 3.8) is 0 Å². The van der Waals surface area contributed by atoms with Gasteiger partial charge in [0.25, 0.3) is 0 Å². The maximum atomic E-state index is 13.0. The monoisotopic (exact) mass is 282 g/mol. The first-order valence-electron chi connectivity index (χ1n) is 7.83. The maximum absolute atomic E-state index is 13.0. The number of halogens is 1. The molecule has 0 amide bonds. The molecule has 1 aromatic carbocycles. The van der Waals surface area contributed by atoms with Crippen LogP contribution in [0.25, 0.3) is 0 Å². The second-order valence-electron chi connectivity index (χ2n) is 6.76. The third-order valence-corrected chi connectivity index (χ3v) is 5.54. The van der Waals surface area contributed by atoms with Crippen LogP contribution in [0.2, 0.25) is 0 Å². The molecule has 2 atom stereocenters. The summed E-state index contributed by atoms with van der Waals surface area (Å²) in [5, 5.41) is 0. The van der Waals surface area contributed by atoms with Gasteiger partial charge in [-0.2, -0.15) is 0 Å². The minimum absolute atomic E-state index is 0.170. The first-order chi connectivity index (χ1) is 10.0. The van der Waals surface area contributed by atoms with Crippen molar-refractivity contribution in [2.45, 2.75) is 39.5 Å². The van der Waals surface area contributed by atoms with Gasteiger partial charge in [0, 0.05) is 0 Å². The second-order valence-corrected chi connectivity index (χ2v) is 6.76. The Balaban J connectivity index is 1.92. The molecule has 1 aromatic rings. The van der Waals surface area contributed by atoms with Gasteiger partial charge in [-0.3, -0.25) is 0 Å². The molecule has 2 aliphatic carbocycles. The zero-order chi connectivity index (χ0) is 15.0. The number of benzene rings is 1. The summed E-state index contributed by atoms with van der Waals surface area (Å²) < 4.78 is 13.0. The fourth-order valence-corrected chi connectivity index (χ4v) is 3.82. The molecule has 0 N–H and O–H groups in total. The van der Waals surface area contributed by atoms with Crippen molar-refractivity contribution < 1.29 is 4.39 Å². The van der Waals surface area contributed by atoms with Crippen LogP contribution in [0.1, 0.15) is 38.7 Å². The lowest BCUT2D eigenvalue weighted by atomic mass is 9.69. The highest BCUT2D eigenvalue weighted by Crippen LogP contribution is 2.54. The normalized spacial score (nSPS) is 28.3. The van der Waals surface area contributed by atoms with Crippen molar-refractivity contribution in [3.05, 3.63) is 71.1 Å². The molecule has 0 aromatic heterocycles. The standard InChI is InChI=1S/C20H23F/c1-4-16-13-20(3)14(2)5-8-18(20)12-17(16)11-15-6-9-19(21)10-7-15/h4,6-7,9-10,12,14H,1,5,8,11,13H2,2-3H3. The molecule has 0 heterocycles. The summed E-state index contributed by atoms with van der Waals surface area (Å²) in [5.74, 6) is 0.571. The average Bonchev–Trinajstić information content (AvgIpc) is 2.76. The predicted molar refractivity (Wildman–Crippen MR) is 86.5 cm³/mol. The Hall–Kier alpha value is -1.63. The van der Waals surface area contributed by atoms with Gasteiger partial charge in [-0.1, -0.05) is 50.3 Å². The SMILES string of the molecule is C=CC1=C(Cc2ccc(F)cc2)C=C2CCC(C)C2(C)C1. The van der Waals surface area contributed by atoms with Gasteiger partial charge < -0.3 is 0 Å². The van der Waals surface area contributed by atoms with Crippen LogP contribution in [0.5, 0.6) is 0 Å². The zero-order valence-corrected chi connectivity index (χ0v) is 13.0. The lowest BCUT2D eigenvalue weighted by molar-refractivity contribution is 0.292. The van der Waals surface area contributed by atoms with E-state index in [2.05, 4.69) is 26.5 Å². The molecule has 2 aliphatic rings. The highest BCUT2D eigenvalue weighted by Gasteiger charge is 2.42. The largest absolute Gasteiger partial charge is 0.207 e. The van der Waals surface area contributed by atoms with Crippen molar-refractivity contribution >= 4 is 0 Å². The first kappa shape index (κ1) is 14.3. The number of allylic oxidation sites excluding steroid dienone is 5. The van der Waals surface area contributed by atoms with Gasteiger partial charge in [0.05, 0.1) is 0 Å². The van der Waals surface area contributed by atoms with Gasteiger partial charge in [0.1, 0.15) is 5.82 Å². The molecule has 0 saturated heterocycles. The summed E-state index contributed by atoms with van der Waals surface area (Å²) in [6.07, 6.45) is 8.89. The molecule has 110 valence electrons. The molecule has 0 nitrogen and oxygen atoms in total. The summed E-state index contributed by atoms with van der Waals surface area (Å²) in [4.78, 5) is 0. The van der Waals surface area contributed by atoms with Gasteiger partial charge in [0.2, 0.25) is 0 Å². The Morgan fingerprint density at radius 1 is 1.33 bits per heavy atom. The van der Waals surface area contributed by atoms with Gasteiger partial charge >= 0.3 is 0 Å². The van der Waals surface area contributed by atoms with E-state index >= 15 is 0 Å². The second kappa shape index (κ2) is 5.29. The fraction of sp³-hybridized carbons (Fsp3) is 0.400. The summed E-state index contributed by atoms with van der Waals surface area (Å²) in [7, 11) is 0. The van der Waals surface area contributed by atoms with Crippen LogP contribution in [0.3, 0.4) is 0 Å². The molecule has 0 aliphatic heterocycles. The maximum Gasteiger partial charge on any atom is 0.123 e. The van der Waals surface area contributed by atoms with E-state index in [0.29, 0.717) is 5.41 Å². The Bertz CT molecular complexity index is 618. The van der Waals surface area contributed by atoms with Crippen molar-refractivity contribution in [2.24, 2.45) is 11.3 Å². The minimum Gasteiger partial charge on any atom is -0.207 e. The minimum atomic E-state index is -0.170. The van der Waals surface area contributed by atoms with Crippen molar-refractivity contribution in [1.29, 1.82) is 0 Å². The molecular formula is C20H23F. The van der Waals surface area contributed by atoms with Crippen LogP contribution in [0, 0.1) is 17.2 Å². The third-order valence-electron chi connectivity index (χ3n) is 5.54. The Labute approximate surface area is 127 Å². The summed E-state index contributed by atoms with van der Waals surface area (Å²) >= 11 is 0. The Morgan fingerprint density at radius 3 is 2.71 bits per heavy atom. The molecule has 1 fully saturated rings. The van der Waals surface area contributed by atoms with Crippen LogP contribution in [-0.4, -0.2) is 0 Å². The molecule has 0 spiro atoms. The van der Waals surface area contributed by atoms with E-state index in [9.17, 15) is 4.39 Å². The molecule has 0 bridgehead atoms. The highest BCUT2D eigenvalue weighted by atomic mass is 19.1. The summed E-state index contributed by atoms with van der Waals surface area (Å²) in [5.41, 5.74) is 5.79. The molecule has 2 unspecified atom stereocenters. The zero-order valence-electron chi connectivity index (χ0n) is 13.0. The van der Waals surface area contributed by atoms with Crippen molar-refractivity contribution in [3.8, 4) is 0 Å². The summed E-state index contributed by atoms with van der Waals surface area (Å²) in [6, 6.07) is 6.85. The molecular weight excluding hydrogens is 259 g/mol. The van der Waals surface area contributed by atoms with Crippen LogP contribution in [-0.2, 0) is 6.42 Å². The lowest BCUT2D eigenvalue weighted by Gasteiger charge is -2.36. The topological polar surface area (TPSA) is 0 Å². The van der Waals surface area contributed by atoms with Crippen LogP contribution in [0.4, 0.5) is 4.39 Å². The smallest absolute Gasteiger partial charge is 0.123 e. The van der Waals surface area contributed by atoms with E-state index in [1.807, 2.05) is 18.2 Å². The van der Waals surface area contributed by atoms with Crippen LogP contribution >= 0.6 is 0 Å². The van der Waals surface area contributed by atoms with E-state index in [4.69, 9.17) is 0 Å². The fourth-order valence-electron chi connectivity index (χ4n) is 3.82. The number of hydrogen-bond acceptors (Lipinski definition) is 0. The molecule has 3 rings (SSSR count). The van der Waals surface area contributed by atoms with E-state index in [1.54, 1.807) is 17.7 Å². The van der Waals surface area contributed by atoms with Gasteiger partial charge in [-0.25, -0.2) is 4.39 Å². The third kappa shape index (κ3) is 2.50. The van der Waals surface area contributed by atoms with E-state index in [-0.39, 0.29) is 5.82 Å². The number of hydrogen-bond donors (Lipinski definition) is 0. The number of fused-ring (bicyclic) bond motifs is 1. The van der Waals surface area contributed by atoms with E-state index in [0.717, 1.165) is 24.3 Å². The molecule has 1 saturated carbocycles. The van der Waals surface area contributed by atoms with E-state index in [1.165, 1.54) is 24.0 Å². The van der Waals surface area contributed by atoms with Crippen LogP contribution in [0.15, 0.2) is 59.7 Å². The van der Waals surface area contributed by atoms with E-state index < -0.39 is 0 Å². The Morgan fingerprint density at radius 2 is 2.05 bits per heavy atom. The molecule has 0 radical (unpaired) electrons. The lowest BCUT2D eigenvalue weighted by Crippen LogP contribution is -2.25. The Kier molecular flexibility index (Phi) is 3.61. The van der Waals surface area contributed by atoms with Crippen molar-refractivity contribution in [2.75, 3.05) is 0 Å². The quantitative estimate of drug-likeness (QED) is 0.675. The molecule has 21 heavy (non-hydrogen) atoms.